The average Bonchev–Trinajstić information content (AvgIpc) is 2.67. The molecule has 1 heterocycles. The Morgan fingerprint density at radius 2 is 2.12 bits per heavy atom. The Kier molecular flexibility index (Phi) is 6.39. The Bertz CT molecular complexity index is 253. The highest BCUT2D eigenvalue weighted by Crippen LogP contribution is 2.26. The number of nitrogens with one attached hydrogen (secondary N) is 1. The molecule has 0 aliphatic carbocycles. The van der Waals surface area contributed by atoms with Gasteiger partial charge in [-0.05, 0) is 26.7 Å². The van der Waals surface area contributed by atoms with E-state index in [9.17, 15) is 0 Å². The van der Waals surface area contributed by atoms with Crippen LogP contribution in [0.5, 0.6) is 0 Å². The molecule has 100 valence electrons. The second-order valence-corrected chi connectivity index (χ2v) is 6.42. The number of rotatable bonds is 7. The largest absolute Gasteiger partial charge is 0.359 e. The van der Waals surface area contributed by atoms with Crippen molar-refractivity contribution in [2.75, 3.05) is 5.75 Å². The predicted octanol–water partition coefficient (Wildman–Crippen LogP) is 4.21. The van der Waals surface area contributed by atoms with Crippen molar-refractivity contribution >= 4 is 16.9 Å². The summed E-state index contributed by atoms with van der Waals surface area (Å²) in [6, 6.07) is 0.473. The minimum atomic E-state index is 0.269. The van der Waals surface area contributed by atoms with Gasteiger partial charge in [-0.1, -0.05) is 51.3 Å². The van der Waals surface area contributed by atoms with E-state index in [1.54, 1.807) is 0 Å². The maximum Gasteiger partial charge on any atom is 0.157 e. The molecule has 1 fully saturated rings. The molecule has 2 unspecified atom stereocenters. The second-order valence-electron chi connectivity index (χ2n) is 5.46. The minimum Gasteiger partial charge on any atom is -0.359 e. The smallest absolute Gasteiger partial charge is 0.157 e. The molecule has 1 aliphatic rings. The number of amidine groups is 1. The second kappa shape index (κ2) is 7.30. The molecule has 0 aromatic carbocycles. The summed E-state index contributed by atoms with van der Waals surface area (Å²) in [6.45, 7) is 9.02. The fourth-order valence-corrected chi connectivity index (χ4v) is 3.25. The van der Waals surface area contributed by atoms with Crippen molar-refractivity contribution in [1.29, 1.82) is 0 Å². The first-order valence-electron chi connectivity index (χ1n) is 7.08. The van der Waals surface area contributed by atoms with Crippen LogP contribution in [0.25, 0.3) is 0 Å². The van der Waals surface area contributed by atoms with E-state index in [2.05, 4.69) is 33.0 Å². The molecule has 2 atom stereocenters. The zero-order chi connectivity index (χ0) is 12.7. The van der Waals surface area contributed by atoms with Gasteiger partial charge in [0.1, 0.15) is 0 Å². The van der Waals surface area contributed by atoms with Gasteiger partial charge < -0.3 is 5.32 Å². The molecule has 0 saturated carbocycles. The molecule has 17 heavy (non-hydrogen) atoms. The first-order chi connectivity index (χ1) is 8.09. The number of aliphatic imine (C=N–C) groups is 1. The maximum absolute atomic E-state index is 4.79. The zero-order valence-corrected chi connectivity index (χ0v) is 12.7. The summed E-state index contributed by atoms with van der Waals surface area (Å²) in [5.41, 5.74) is 0.269. The van der Waals surface area contributed by atoms with Crippen molar-refractivity contribution in [2.24, 2.45) is 4.99 Å². The molecule has 1 N–H and O–H groups in total. The highest BCUT2D eigenvalue weighted by molar-refractivity contribution is 8.14. The maximum atomic E-state index is 4.79. The number of unbranched alkanes of at least 4 members (excludes halogenated alkanes) is 3. The number of hydrogen-bond acceptors (Lipinski definition) is 2. The van der Waals surface area contributed by atoms with Gasteiger partial charge >= 0.3 is 0 Å². The van der Waals surface area contributed by atoms with Gasteiger partial charge in [0.25, 0.3) is 0 Å². The first-order valence-corrected chi connectivity index (χ1v) is 8.07. The summed E-state index contributed by atoms with van der Waals surface area (Å²) < 4.78 is 0. The fourth-order valence-electron chi connectivity index (χ4n) is 1.95. The molecule has 0 spiro atoms. The van der Waals surface area contributed by atoms with E-state index >= 15 is 0 Å². The van der Waals surface area contributed by atoms with Crippen molar-refractivity contribution in [2.45, 2.75) is 77.8 Å². The zero-order valence-electron chi connectivity index (χ0n) is 11.9. The molecule has 1 rings (SSSR count). The third kappa shape index (κ3) is 5.33. The molecule has 0 aromatic rings. The van der Waals surface area contributed by atoms with E-state index in [-0.39, 0.29) is 5.54 Å². The van der Waals surface area contributed by atoms with Crippen LogP contribution in [-0.4, -0.2) is 22.5 Å². The average molecular weight is 256 g/mol. The van der Waals surface area contributed by atoms with E-state index in [0.717, 1.165) is 10.9 Å². The third-order valence-corrected chi connectivity index (χ3v) is 4.79. The lowest BCUT2D eigenvalue weighted by molar-refractivity contribution is 0.465. The number of thioether (sulfide) groups is 1. The highest BCUT2D eigenvalue weighted by atomic mass is 32.2. The summed E-state index contributed by atoms with van der Waals surface area (Å²) in [5.74, 6) is 1.16. The van der Waals surface area contributed by atoms with E-state index in [0.29, 0.717) is 6.04 Å². The lowest BCUT2D eigenvalue weighted by Crippen LogP contribution is -2.39. The molecular weight excluding hydrogens is 228 g/mol. The minimum absolute atomic E-state index is 0.269. The van der Waals surface area contributed by atoms with Crippen LogP contribution in [0.15, 0.2) is 4.99 Å². The molecule has 0 bridgehead atoms. The van der Waals surface area contributed by atoms with Crippen LogP contribution >= 0.6 is 11.8 Å². The summed E-state index contributed by atoms with van der Waals surface area (Å²) in [6.07, 6.45) is 7.76. The van der Waals surface area contributed by atoms with E-state index < -0.39 is 0 Å². The molecule has 0 radical (unpaired) electrons. The number of hydrogen-bond donors (Lipinski definition) is 1. The van der Waals surface area contributed by atoms with Crippen molar-refractivity contribution in [3.05, 3.63) is 0 Å². The normalized spacial score (nSPS) is 28.4. The molecule has 1 saturated heterocycles. The molecule has 1 aliphatic heterocycles. The Labute approximate surface area is 111 Å². The van der Waals surface area contributed by atoms with E-state index in [1.165, 1.54) is 38.5 Å². The van der Waals surface area contributed by atoms with Gasteiger partial charge in [-0.15, -0.1) is 0 Å². The molecule has 0 aromatic heterocycles. The van der Waals surface area contributed by atoms with Crippen LogP contribution in [0.2, 0.25) is 0 Å². The van der Waals surface area contributed by atoms with Gasteiger partial charge in [0.05, 0.1) is 0 Å². The predicted molar refractivity (Wildman–Crippen MR) is 79.9 cm³/mol. The van der Waals surface area contributed by atoms with Gasteiger partial charge in [0.15, 0.2) is 5.17 Å². The van der Waals surface area contributed by atoms with Gasteiger partial charge in [0.2, 0.25) is 0 Å². The third-order valence-electron chi connectivity index (χ3n) is 3.53. The van der Waals surface area contributed by atoms with E-state index in [4.69, 9.17) is 4.99 Å². The lowest BCUT2D eigenvalue weighted by Gasteiger charge is -2.21. The number of nitrogens with zero attached hydrogens (tertiary/aromatic N) is 1. The molecular formula is C14H28N2S. The molecule has 3 heteroatoms. The van der Waals surface area contributed by atoms with Gasteiger partial charge in [-0.25, -0.2) is 0 Å². The summed E-state index contributed by atoms with van der Waals surface area (Å²) in [5, 5.41) is 4.73. The quantitative estimate of drug-likeness (QED) is 0.690. The standard InChI is InChI=1S/C14H28N2S/c1-5-7-8-9-10-12(3)15-13-16-14(4,6-2)11-17-13/h12H,5-11H2,1-4H3,(H,15,16). The summed E-state index contributed by atoms with van der Waals surface area (Å²) in [7, 11) is 0. The fraction of sp³-hybridized carbons (Fsp3) is 0.929. The van der Waals surface area contributed by atoms with E-state index in [1.807, 2.05) is 11.8 Å². The Balaban J connectivity index is 2.27. The van der Waals surface area contributed by atoms with Crippen molar-refractivity contribution in [3.8, 4) is 0 Å². The van der Waals surface area contributed by atoms with Gasteiger partial charge in [0, 0.05) is 17.3 Å². The lowest BCUT2D eigenvalue weighted by atomic mass is 10.0. The summed E-state index contributed by atoms with van der Waals surface area (Å²) >= 11 is 1.88. The van der Waals surface area contributed by atoms with Gasteiger partial charge in [-0.3, -0.25) is 4.99 Å². The van der Waals surface area contributed by atoms with Crippen LogP contribution < -0.4 is 5.32 Å². The van der Waals surface area contributed by atoms with Crippen LogP contribution in [0, 0.1) is 0 Å². The van der Waals surface area contributed by atoms with Crippen LogP contribution in [-0.2, 0) is 0 Å². The van der Waals surface area contributed by atoms with Crippen LogP contribution in [0.1, 0.15) is 66.2 Å². The van der Waals surface area contributed by atoms with Gasteiger partial charge in [-0.2, -0.15) is 0 Å². The van der Waals surface area contributed by atoms with Crippen LogP contribution in [0.3, 0.4) is 0 Å². The van der Waals surface area contributed by atoms with Crippen LogP contribution in [0.4, 0.5) is 0 Å². The Morgan fingerprint density at radius 1 is 1.35 bits per heavy atom. The SMILES string of the molecule is CCCCCCC(C)N=C1NC(C)(CC)CS1. The first kappa shape index (κ1) is 14.9. The highest BCUT2D eigenvalue weighted by Gasteiger charge is 2.30. The van der Waals surface area contributed by atoms with Crippen molar-refractivity contribution in [3.63, 3.8) is 0 Å². The molecule has 2 nitrogen and oxygen atoms in total. The summed E-state index contributed by atoms with van der Waals surface area (Å²) in [4.78, 5) is 4.79. The molecule has 0 amide bonds. The Hall–Kier alpha value is -0.180. The topological polar surface area (TPSA) is 24.4 Å². The monoisotopic (exact) mass is 256 g/mol. The Morgan fingerprint density at radius 3 is 2.71 bits per heavy atom. The van der Waals surface area contributed by atoms with Crippen molar-refractivity contribution in [1.82, 2.24) is 5.32 Å². The van der Waals surface area contributed by atoms with Crippen molar-refractivity contribution < 1.29 is 0 Å².